The number of fused-ring (bicyclic) bond motifs is 1. The summed E-state index contributed by atoms with van der Waals surface area (Å²) in [6.45, 7) is 9.40. The summed E-state index contributed by atoms with van der Waals surface area (Å²) in [4.78, 5) is 21.0. The van der Waals surface area contributed by atoms with Crippen molar-refractivity contribution in [1.82, 2.24) is 15.1 Å². The van der Waals surface area contributed by atoms with E-state index in [2.05, 4.69) is 27.3 Å². The van der Waals surface area contributed by atoms with E-state index in [1.54, 1.807) is 12.0 Å². The van der Waals surface area contributed by atoms with Crippen LogP contribution in [0.5, 0.6) is 5.75 Å². The molecule has 0 spiro atoms. The summed E-state index contributed by atoms with van der Waals surface area (Å²) in [5, 5.41) is 3.47. The van der Waals surface area contributed by atoms with E-state index in [-0.39, 0.29) is 36.1 Å². The Morgan fingerprint density at radius 1 is 1.24 bits per heavy atom. The van der Waals surface area contributed by atoms with Gasteiger partial charge in [-0.05, 0) is 51.3 Å². The van der Waals surface area contributed by atoms with Gasteiger partial charge in [0.2, 0.25) is 0 Å². The number of carbonyl (C=O) groups excluding carboxylic acids is 1. The number of carbonyl (C=O) groups is 1. The molecule has 1 unspecified atom stereocenters. The van der Waals surface area contributed by atoms with Crippen LogP contribution in [0.4, 0.5) is 4.79 Å². The standard InChI is InChI=1S/C21H32N4O3.HI/c1-21(2,3)28-20(26)24-12-13-25-17(15-24)14-23-19(25)22-11-5-6-16-7-9-18(27-4)10-8-16;/h7-10,17H,5-6,11-15H2,1-4H3,(H,22,23);1H. The second-order valence-electron chi connectivity index (χ2n) is 8.32. The predicted molar refractivity (Wildman–Crippen MR) is 125 cm³/mol. The number of ether oxygens (including phenoxy) is 2. The van der Waals surface area contributed by atoms with Crippen LogP contribution in [-0.4, -0.2) is 73.3 Å². The Kier molecular flexibility index (Phi) is 8.42. The van der Waals surface area contributed by atoms with E-state index >= 15 is 0 Å². The lowest BCUT2D eigenvalue weighted by atomic mass is 10.1. The molecule has 0 aromatic heterocycles. The Morgan fingerprint density at radius 2 is 1.97 bits per heavy atom. The molecule has 3 rings (SSSR count). The highest BCUT2D eigenvalue weighted by molar-refractivity contribution is 14.0. The van der Waals surface area contributed by atoms with Gasteiger partial charge in [-0.25, -0.2) is 4.79 Å². The highest BCUT2D eigenvalue weighted by atomic mass is 127. The lowest BCUT2D eigenvalue weighted by Gasteiger charge is -2.39. The number of halogens is 1. The minimum Gasteiger partial charge on any atom is -0.497 e. The fourth-order valence-electron chi connectivity index (χ4n) is 3.51. The van der Waals surface area contributed by atoms with E-state index in [0.717, 1.165) is 44.2 Å². The van der Waals surface area contributed by atoms with E-state index in [1.807, 2.05) is 32.9 Å². The Morgan fingerprint density at radius 3 is 2.62 bits per heavy atom. The number of benzene rings is 1. The topological polar surface area (TPSA) is 66.4 Å². The highest BCUT2D eigenvalue weighted by Crippen LogP contribution is 2.19. The average molecular weight is 516 g/mol. The number of nitrogens with zero attached hydrogens (tertiary/aromatic N) is 3. The summed E-state index contributed by atoms with van der Waals surface area (Å²) in [5.74, 6) is 1.85. The molecule has 1 fully saturated rings. The van der Waals surface area contributed by atoms with Crippen LogP contribution in [0.3, 0.4) is 0 Å². The molecule has 29 heavy (non-hydrogen) atoms. The van der Waals surface area contributed by atoms with Gasteiger partial charge in [-0.15, -0.1) is 24.0 Å². The van der Waals surface area contributed by atoms with Crippen LogP contribution in [0.15, 0.2) is 29.3 Å². The minimum atomic E-state index is -0.461. The maximum Gasteiger partial charge on any atom is 0.410 e. The van der Waals surface area contributed by atoms with Crippen LogP contribution in [0.25, 0.3) is 0 Å². The van der Waals surface area contributed by atoms with Gasteiger partial charge in [0.1, 0.15) is 11.4 Å². The fourth-order valence-corrected chi connectivity index (χ4v) is 3.51. The van der Waals surface area contributed by atoms with Gasteiger partial charge in [0.15, 0.2) is 5.96 Å². The lowest BCUT2D eigenvalue weighted by molar-refractivity contribution is 0.0137. The zero-order valence-corrected chi connectivity index (χ0v) is 20.1. The maximum absolute atomic E-state index is 12.3. The third-order valence-electron chi connectivity index (χ3n) is 4.94. The van der Waals surface area contributed by atoms with Crippen molar-refractivity contribution < 1.29 is 14.3 Å². The SMILES string of the molecule is COc1ccc(CCCNC2=NCC3CN(C(=O)OC(C)(C)C)CCN23)cc1.I. The summed E-state index contributed by atoms with van der Waals surface area (Å²) in [7, 11) is 1.68. The Bertz CT molecular complexity index is 703. The average Bonchev–Trinajstić information content (AvgIpc) is 3.06. The minimum absolute atomic E-state index is 0. The van der Waals surface area contributed by atoms with Crippen LogP contribution in [-0.2, 0) is 11.2 Å². The molecule has 1 saturated heterocycles. The molecule has 2 aliphatic heterocycles. The summed E-state index contributed by atoms with van der Waals surface area (Å²) in [6.07, 6.45) is 1.82. The first-order chi connectivity index (χ1) is 13.4. The number of hydrogen-bond donors (Lipinski definition) is 1. The third kappa shape index (κ3) is 6.65. The summed E-state index contributed by atoms with van der Waals surface area (Å²) < 4.78 is 10.7. The molecular formula is C21H33IN4O3. The second kappa shape index (κ2) is 10.4. The summed E-state index contributed by atoms with van der Waals surface area (Å²) in [6, 6.07) is 8.46. The Balaban J connectivity index is 0.00000300. The van der Waals surface area contributed by atoms with E-state index in [4.69, 9.17) is 9.47 Å². The monoisotopic (exact) mass is 516 g/mol. The van der Waals surface area contributed by atoms with Crippen molar-refractivity contribution >= 4 is 36.0 Å². The molecule has 1 aromatic carbocycles. The van der Waals surface area contributed by atoms with Crippen LogP contribution >= 0.6 is 24.0 Å². The summed E-state index contributed by atoms with van der Waals surface area (Å²) >= 11 is 0. The summed E-state index contributed by atoms with van der Waals surface area (Å²) in [5.41, 5.74) is 0.844. The number of hydrogen-bond acceptors (Lipinski definition) is 6. The van der Waals surface area contributed by atoms with Gasteiger partial charge >= 0.3 is 6.09 Å². The molecule has 1 amide bonds. The van der Waals surface area contributed by atoms with Gasteiger partial charge in [-0.2, -0.15) is 0 Å². The van der Waals surface area contributed by atoms with Crippen LogP contribution in [0.1, 0.15) is 32.8 Å². The molecule has 0 radical (unpaired) electrons. The van der Waals surface area contributed by atoms with Crippen molar-refractivity contribution in [2.45, 2.75) is 45.3 Å². The van der Waals surface area contributed by atoms with Gasteiger partial charge in [0, 0.05) is 26.2 Å². The first-order valence-corrected chi connectivity index (χ1v) is 10.0. The molecule has 0 aliphatic carbocycles. The van der Waals surface area contributed by atoms with Crippen LogP contribution < -0.4 is 10.1 Å². The van der Waals surface area contributed by atoms with Crippen LogP contribution in [0, 0.1) is 0 Å². The molecule has 0 saturated carbocycles. The van der Waals surface area contributed by atoms with E-state index in [1.165, 1.54) is 5.56 Å². The molecule has 0 bridgehead atoms. The van der Waals surface area contributed by atoms with Crippen molar-refractivity contribution in [1.29, 1.82) is 0 Å². The molecule has 2 heterocycles. The molecule has 8 heteroatoms. The van der Waals surface area contributed by atoms with Gasteiger partial charge in [0.05, 0.1) is 19.7 Å². The molecule has 162 valence electrons. The van der Waals surface area contributed by atoms with Gasteiger partial charge in [-0.3, -0.25) is 4.99 Å². The first-order valence-electron chi connectivity index (χ1n) is 10.0. The third-order valence-corrected chi connectivity index (χ3v) is 4.94. The number of rotatable bonds is 5. The number of aliphatic imine (C=N–C) groups is 1. The Labute approximate surface area is 190 Å². The number of guanidine groups is 1. The molecule has 1 N–H and O–H groups in total. The number of aryl methyl sites for hydroxylation is 1. The predicted octanol–water partition coefficient (Wildman–Crippen LogP) is 3.13. The zero-order chi connectivity index (χ0) is 20.1. The van der Waals surface area contributed by atoms with E-state index < -0.39 is 5.60 Å². The van der Waals surface area contributed by atoms with Gasteiger partial charge in [0.25, 0.3) is 0 Å². The number of methoxy groups -OCH3 is 1. The van der Waals surface area contributed by atoms with Gasteiger partial charge < -0.3 is 24.6 Å². The molecule has 1 atom stereocenters. The lowest BCUT2D eigenvalue weighted by Crippen LogP contribution is -2.57. The molecule has 7 nitrogen and oxygen atoms in total. The smallest absolute Gasteiger partial charge is 0.410 e. The maximum atomic E-state index is 12.3. The number of amides is 1. The first kappa shape index (κ1) is 23.6. The van der Waals surface area contributed by atoms with E-state index in [9.17, 15) is 4.79 Å². The highest BCUT2D eigenvalue weighted by Gasteiger charge is 2.36. The zero-order valence-electron chi connectivity index (χ0n) is 17.8. The quantitative estimate of drug-likeness (QED) is 0.482. The fraction of sp³-hybridized carbons (Fsp3) is 0.619. The Hall–Kier alpha value is -1.71. The number of piperazine rings is 1. The van der Waals surface area contributed by atoms with Crippen molar-refractivity contribution in [2.24, 2.45) is 4.99 Å². The number of nitrogens with one attached hydrogen (secondary N) is 1. The van der Waals surface area contributed by atoms with Crippen molar-refractivity contribution in [3.63, 3.8) is 0 Å². The van der Waals surface area contributed by atoms with Crippen molar-refractivity contribution in [2.75, 3.05) is 39.8 Å². The molecular weight excluding hydrogens is 483 g/mol. The largest absolute Gasteiger partial charge is 0.497 e. The van der Waals surface area contributed by atoms with Crippen LogP contribution in [0.2, 0.25) is 0 Å². The molecule has 1 aromatic rings. The normalized spacial score (nSPS) is 18.5. The van der Waals surface area contributed by atoms with Gasteiger partial charge in [-0.1, -0.05) is 12.1 Å². The van der Waals surface area contributed by atoms with Crippen molar-refractivity contribution in [3.05, 3.63) is 29.8 Å². The van der Waals surface area contributed by atoms with Crippen molar-refractivity contribution in [3.8, 4) is 5.75 Å². The second-order valence-corrected chi connectivity index (χ2v) is 8.32. The van der Waals surface area contributed by atoms with E-state index in [0.29, 0.717) is 13.1 Å². The molecule has 2 aliphatic rings.